The van der Waals surface area contributed by atoms with Crippen molar-refractivity contribution in [1.29, 1.82) is 0 Å². The molecule has 2 bridgehead atoms. The molecule has 2 heterocycles. The fourth-order valence-corrected chi connectivity index (χ4v) is 3.24. The monoisotopic (exact) mass is 313 g/mol. The molecule has 1 fully saturated rings. The van der Waals surface area contributed by atoms with Gasteiger partial charge in [-0.2, -0.15) is 0 Å². The van der Waals surface area contributed by atoms with E-state index < -0.39 is 0 Å². The number of rotatable bonds is 5. The topological polar surface area (TPSA) is 38.8 Å². The second-order valence-electron chi connectivity index (χ2n) is 6.06. The number of hydrogen-bond acceptors (Lipinski definition) is 3. The number of carbonyl (C=O) groups excluding carboxylic acids is 1. The molecular formula is C19H23NO3. The third kappa shape index (κ3) is 3.82. The standard InChI is InChI=1S/C19H23NO3/c1-2-3-7-16-10-17-13-22-14-18(11-16)20(17)19(21)23-12-15-8-5-4-6-9-15/h2,4-6,8-10,17-18H,1,3,7,11-14H2. The van der Waals surface area contributed by atoms with E-state index in [9.17, 15) is 4.79 Å². The molecule has 0 spiro atoms. The second-order valence-corrected chi connectivity index (χ2v) is 6.06. The quantitative estimate of drug-likeness (QED) is 0.778. The van der Waals surface area contributed by atoms with E-state index in [1.807, 2.05) is 41.3 Å². The molecule has 1 aromatic carbocycles. The highest BCUT2D eigenvalue weighted by molar-refractivity contribution is 5.69. The summed E-state index contributed by atoms with van der Waals surface area (Å²) >= 11 is 0. The van der Waals surface area contributed by atoms with Crippen LogP contribution in [0.2, 0.25) is 0 Å². The lowest BCUT2D eigenvalue weighted by Gasteiger charge is -2.43. The van der Waals surface area contributed by atoms with Crippen LogP contribution in [0.4, 0.5) is 4.79 Å². The van der Waals surface area contributed by atoms with Crippen molar-refractivity contribution in [3.05, 3.63) is 60.2 Å². The van der Waals surface area contributed by atoms with Crippen LogP contribution in [0, 0.1) is 0 Å². The first kappa shape index (κ1) is 15.8. The highest BCUT2D eigenvalue weighted by atomic mass is 16.6. The van der Waals surface area contributed by atoms with Crippen LogP contribution in [-0.4, -0.2) is 36.3 Å². The average molecular weight is 313 g/mol. The van der Waals surface area contributed by atoms with E-state index >= 15 is 0 Å². The first-order valence-corrected chi connectivity index (χ1v) is 8.15. The van der Waals surface area contributed by atoms with Gasteiger partial charge in [-0.25, -0.2) is 4.79 Å². The van der Waals surface area contributed by atoms with Gasteiger partial charge in [-0.15, -0.1) is 6.58 Å². The Bertz CT molecular complexity index is 582. The smallest absolute Gasteiger partial charge is 0.411 e. The number of ether oxygens (including phenoxy) is 2. The molecular weight excluding hydrogens is 290 g/mol. The molecule has 1 amide bonds. The lowest BCUT2D eigenvalue weighted by atomic mass is 9.92. The van der Waals surface area contributed by atoms with Crippen molar-refractivity contribution >= 4 is 6.09 Å². The first-order valence-electron chi connectivity index (χ1n) is 8.15. The molecule has 0 saturated carbocycles. The molecule has 2 atom stereocenters. The van der Waals surface area contributed by atoms with Crippen molar-refractivity contribution < 1.29 is 14.3 Å². The third-order valence-electron chi connectivity index (χ3n) is 4.36. The first-order chi connectivity index (χ1) is 11.3. The number of amides is 1. The van der Waals surface area contributed by atoms with Crippen molar-refractivity contribution in [1.82, 2.24) is 4.90 Å². The Morgan fingerprint density at radius 1 is 1.35 bits per heavy atom. The Hall–Kier alpha value is -2.07. The van der Waals surface area contributed by atoms with Gasteiger partial charge in [0, 0.05) is 0 Å². The summed E-state index contributed by atoms with van der Waals surface area (Å²) in [5.74, 6) is 0. The molecule has 1 saturated heterocycles. The summed E-state index contributed by atoms with van der Waals surface area (Å²) in [6, 6.07) is 9.84. The van der Waals surface area contributed by atoms with Crippen molar-refractivity contribution in [2.24, 2.45) is 0 Å². The van der Waals surface area contributed by atoms with E-state index in [0.717, 1.165) is 24.8 Å². The van der Waals surface area contributed by atoms with E-state index in [0.29, 0.717) is 19.8 Å². The summed E-state index contributed by atoms with van der Waals surface area (Å²) in [7, 11) is 0. The molecule has 2 aliphatic rings. The van der Waals surface area contributed by atoms with E-state index in [2.05, 4.69) is 12.7 Å². The van der Waals surface area contributed by atoms with Gasteiger partial charge in [0.1, 0.15) is 6.61 Å². The molecule has 0 aromatic heterocycles. The summed E-state index contributed by atoms with van der Waals surface area (Å²) in [5.41, 5.74) is 2.40. The SMILES string of the molecule is C=CCCC1=CC2COCC(C1)N2C(=O)OCc1ccccc1. The second kappa shape index (κ2) is 7.47. The van der Waals surface area contributed by atoms with Gasteiger partial charge in [0.2, 0.25) is 0 Å². The highest BCUT2D eigenvalue weighted by Gasteiger charge is 2.38. The number of morpholine rings is 1. The Kier molecular flexibility index (Phi) is 5.13. The lowest BCUT2D eigenvalue weighted by Crippen LogP contribution is -2.56. The highest BCUT2D eigenvalue weighted by Crippen LogP contribution is 2.30. The Labute approximate surface area is 137 Å². The van der Waals surface area contributed by atoms with Crippen LogP contribution in [-0.2, 0) is 16.1 Å². The minimum Gasteiger partial charge on any atom is -0.445 e. The molecule has 0 radical (unpaired) electrons. The van der Waals surface area contributed by atoms with Gasteiger partial charge in [-0.3, -0.25) is 4.90 Å². The normalized spacial score (nSPS) is 23.1. The summed E-state index contributed by atoms with van der Waals surface area (Å²) in [6.07, 6.45) is 6.72. The molecule has 122 valence electrons. The molecule has 1 aromatic rings. The number of fused-ring (bicyclic) bond motifs is 2. The van der Waals surface area contributed by atoms with E-state index in [-0.39, 0.29) is 18.2 Å². The predicted octanol–water partition coefficient (Wildman–Crippen LogP) is 3.69. The zero-order chi connectivity index (χ0) is 16.1. The molecule has 2 unspecified atom stereocenters. The zero-order valence-corrected chi connectivity index (χ0v) is 13.3. The Balaban J connectivity index is 1.63. The van der Waals surface area contributed by atoms with Crippen molar-refractivity contribution in [3.8, 4) is 0 Å². The van der Waals surface area contributed by atoms with Gasteiger partial charge in [0.05, 0.1) is 25.3 Å². The van der Waals surface area contributed by atoms with Crippen LogP contribution in [0.1, 0.15) is 24.8 Å². The van der Waals surface area contributed by atoms with Crippen LogP contribution in [0.15, 0.2) is 54.6 Å². The van der Waals surface area contributed by atoms with Crippen molar-refractivity contribution in [2.45, 2.75) is 38.0 Å². The number of carbonyl (C=O) groups is 1. The van der Waals surface area contributed by atoms with Gasteiger partial charge in [0.15, 0.2) is 0 Å². The molecule has 23 heavy (non-hydrogen) atoms. The largest absolute Gasteiger partial charge is 0.445 e. The van der Waals surface area contributed by atoms with Crippen LogP contribution < -0.4 is 0 Å². The summed E-state index contributed by atoms with van der Waals surface area (Å²) in [4.78, 5) is 14.4. The summed E-state index contributed by atoms with van der Waals surface area (Å²) in [6.45, 7) is 5.22. The third-order valence-corrected chi connectivity index (χ3v) is 4.36. The molecule has 0 N–H and O–H groups in total. The summed E-state index contributed by atoms with van der Waals surface area (Å²) in [5, 5.41) is 0. The van der Waals surface area contributed by atoms with Gasteiger partial charge in [-0.05, 0) is 24.8 Å². The zero-order valence-electron chi connectivity index (χ0n) is 13.3. The Morgan fingerprint density at radius 3 is 2.91 bits per heavy atom. The fourth-order valence-electron chi connectivity index (χ4n) is 3.24. The van der Waals surface area contributed by atoms with Gasteiger partial charge in [-0.1, -0.05) is 48.1 Å². The number of benzene rings is 1. The van der Waals surface area contributed by atoms with E-state index in [1.165, 1.54) is 5.57 Å². The molecule has 4 nitrogen and oxygen atoms in total. The number of hydrogen-bond donors (Lipinski definition) is 0. The maximum Gasteiger partial charge on any atom is 0.411 e. The van der Waals surface area contributed by atoms with Crippen LogP contribution in [0.3, 0.4) is 0 Å². The van der Waals surface area contributed by atoms with Crippen molar-refractivity contribution in [2.75, 3.05) is 13.2 Å². The average Bonchev–Trinajstić information content (AvgIpc) is 2.58. The molecule has 4 heteroatoms. The fraction of sp³-hybridized carbons (Fsp3) is 0.421. The minimum atomic E-state index is -0.244. The minimum absolute atomic E-state index is 0.00871. The lowest BCUT2D eigenvalue weighted by molar-refractivity contribution is -0.0375. The maximum absolute atomic E-state index is 12.5. The van der Waals surface area contributed by atoms with Crippen LogP contribution in [0.25, 0.3) is 0 Å². The molecule has 3 rings (SSSR count). The van der Waals surface area contributed by atoms with E-state index in [4.69, 9.17) is 9.47 Å². The number of allylic oxidation sites excluding steroid dienone is 1. The number of nitrogens with zero attached hydrogens (tertiary/aromatic N) is 1. The van der Waals surface area contributed by atoms with Gasteiger partial charge < -0.3 is 9.47 Å². The maximum atomic E-state index is 12.5. The molecule has 2 aliphatic heterocycles. The van der Waals surface area contributed by atoms with E-state index in [1.54, 1.807) is 0 Å². The molecule has 0 aliphatic carbocycles. The summed E-state index contributed by atoms with van der Waals surface area (Å²) < 4.78 is 11.1. The van der Waals surface area contributed by atoms with Crippen LogP contribution in [0.5, 0.6) is 0 Å². The van der Waals surface area contributed by atoms with Crippen LogP contribution >= 0.6 is 0 Å². The predicted molar refractivity (Wildman–Crippen MR) is 89.0 cm³/mol. The van der Waals surface area contributed by atoms with Gasteiger partial charge in [0.25, 0.3) is 0 Å². The van der Waals surface area contributed by atoms with Gasteiger partial charge >= 0.3 is 6.09 Å². The Morgan fingerprint density at radius 2 is 2.17 bits per heavy atom. The van der Waals surface area contributed by atoms with Crippen molar-refractivity contribution in [3.63, 3.8) is 0 Å².